The van der Waals surface area contributed by atoms with Crippen molar-refractivity contribution < 1.29 is 14.3 Å². The molecule has 0 aromatic heterocycles. The van der Waals surface area contributed by atoms with Crippen LogP contribution in [-0.2, 0) is 0 Å². The summed E-state index contributed by atoms with van der Waals surface area (Å²) >= 11 is 0. The lowest BCUT2D eigenvalue weighted by molar-refractivity contribution is 0.0911. The Labute approximate surface area is 93.3 Å². The van der Waals surface area contributed by atoms with Gasteiger partial charge in [0.05, 0.1) is 18.2 Å². The Hall–Kier alpha value is -1.62. The number of halogens is 1. The lowest BCUT2D eigenvalue weighted by Crippen LogP contribution is -2.37. The highest BCUT2D eigenvalue weighted by molar-refractivity contribution is 5.95. The SMILES string of the molecule is CCC(CO)NC(=O)c1ccc(N)cc1F. The molecule has 0 radical (unpaired) electrons. The maximum atomic E-state index is 13.4. The van der Waals surface area contributed by atoms with Crippen molar-refractivity contribution in [1.29, 1.82) is 0 Å². The molecule has 1 aromatic carbocycles. The number of aliphatic hydroxyl groups excluding tert-OH is 1. The molecule has 0 saturated carbocycles. The maximum Gasteiger partial charge on any atom is 0.254 e. The van der Waals surface area contributed by atoms with Gasteiger partial charge in [-0.1, -0.05) is 6.92 Å². The zero-order chi connectivity index (χ0) is 12.1. The van der Waals surface area contributed by atoms with Crippen LogP contribution in [0.1, 0.15) is 23.7 Å². The Balaban J connectivity index is 2.80. The Morgan fingerprint density at radius 3 is 2.81 bits per heavy atom. The summed E-state index contributed by atoms with van der Waals surface area (Å²) in [5.41, 5.74) is 5.57. The molecule has 88 valence electrons. The van der Waals surface area contributed by atoms with E-state index in [1.165, 1.54) is 12.1 Å². The predicted molar refractivity (Wildman–Crippen MR) is 59.4 cm³/mol. The minimum absolute atomic E-state index is 0.0684. The van der Waals surface area contributed by atoms with Crippen molar-refractivity contribution in [3.63, 3.8) is 0 Å². The molecule has 1 atom stereocenters. The fraction of sp³-hybridized carbons (Fsp3) is 0.364. The quantitative estimate of drug-likeness (QED) is 0.668. The molecule has 0 fully saturated rings. The second-order valence-electron chi connectivity index (χ2n) is 3.50. The highest BCUT2D eigenvalue weighted by Gasteiger charge is 2.14. The van der Waals surface area contributed by atoms with Gasteiger partial charge in [0.1, 0.15) is 5.82 Å². The first-order valence-corrected chi connectivity index (χ1v) is 5.05. The van der Waals surface area contributed by atoms with Crippen molar-refractivity contribution in [2.75, 3.05) is 12.3 Å². The lowest BCUT2D eigenvalue weighted by atomic mass is 10.1. The summed E-state index contributed by atoms with van der Waals surface area (Å²) in [5, 5.41) is 11.4. The molecule has 0 heterocycles. The third-order valence-corrected chi connectivity index (χ3v) is 2.29. The molecule has 4 nitrogen and oxygen atoms in total. The van der Waals surface area contributed by atoms with Crippen molar-refractivity contribution >= 4 is 11.6 Å². The second kappa shape index (κ2) is 5.46. The maximum absolute atomic E-state index is 13.4. The van der Waals surface area contributed by atoms with Gasteiger partial charge in [0.15, 0.2) is 0 Å². The molecule has 0 aliphatic carbocycles. The fourth-order valence-electron chi connectivity index (χ4n) is 1.26. The van der Waals surface area contributed by atoms with Crippen molar-refractivity contribution in [2.24, 2.45) is 0 Å². The number of nitrogens with two attached hydrogens (primary N) is 1. The van der Waals surface area contributed by atoms with E-state index in [0.717, 1.165) is 6.07 Å². The van der Waals surface area contributed by atoms with Crippen molar-refractivity contribution in [2.45, 2.75) is 19.4 Å². The molecular weight excluding hydrogens is 211 g/mol. The number of nitrogens with one attached hydrogen (secondary N) is 1. The van der Waals surface area contributed by atoms with Gasteiger partial charge < -0.3 is 16.2 Å². The normalized spacial score (nSPS) is 12.2. The molecule has 0 spiro atoms. The van der Waals surface area contributed by atoms with E-state index in [4.69, 9.17) is 10.8 Å². The smallest absolute Gasteiger partial charge is 0.254 e. The number of rotatable bonds is 4. The van der Waals surface area contributed by atoms with E-state index in [0.29, 0.717) is 6.42 Å². The molecule has 1 unspecified atom stereocenters. The number of amides is 1. The number of nitrogen functional groups attached to an aromatic ring is 1. The summed E-state index contributed by atoms with van der Waals surface area (Å²) in [4.78, 5) is 11.6. The third kappa shape index (κ3) is 2.93. The lowest BCUT2D eigenvalue weighted by Gasteiger charge is -2.14. The van der Waals surface area contributed by atoms with Crippen LogP contribution < -0.4 is 11.1 Å². The third-order valence-electron chi connectivity index (χ3n) is 2.29. The van der Waals surface area contributed by atoms with Crippen LogP contribution in [0.2, 0.25) is 0 Å². The molecular formula is C11H15FN2O2. The average Bonchev–Trinajstić information content (AvgIpc) is 2.25. The zero-order valence-corrected chi connectivity index (χ0v) is 9.03. The van der Waals surface area contributed by atoms with Crippen molar-refractivity contribution in [3.8, 4) is 0 Å². The van der Waals surface area contributed by atoms with Gasteiger partial charge in [-0.3, -0.25) is 4.79 Å². The molecule has 0 bridgehead atoms. The summed E-state index contributed by atoms with van der Waals surface area (Å²) in [5.74, 6) is -1.20. The first-order valence-electron chi connectivity index (χ1n) is 5.05. The number of carbonyl (C=O) groups excluding carboxylic acids is 1. The van der Waals surface area contributed by atoms with E-state index in [1.54, 1.807) is 0 Å². The molecule has 5 heteroatoms. The first-order chi connectivity index (χ1) is 7.58. The van der Waals surface area contributed by atoms with E-state index >= 15 is 0 Å². The number of hydrogen-bond donors (Lipinski definition) is 3. The van der Waals surface area contributed by atoms with Gasteiger partial charge in [-0.15, -0.1) is 0 Å². The number of aliphatic hydroxyl groups is 1. The molecule has 4 N–H and O–H groups in total. The van der Waals surface area contributed by atoms with E-state index in [9.17, 15) is 9.18 Å². The van der Waals surface area contributed by atoms with Crippen LogP contribution in [0, 0.1) is 5.82 Å². The van der Waals surface area contributed by atoms with E-state index in [1.807, 2.05) is 6.92 Å². The second-order valence-corrected chi connectivity index (χ2v) is 3.50. The summed E-state index contributed by atoms with van der Waals surface area (Å²) in [6.07, 6.45) is 0.582. The van der Waals surface area contributed by atoms with Crippen molar-refractivity contribution in [1.82, 2.24) is 5.32 Å². The van der Waals surface area contributed by atoms with Gasteiger partial charge in [0.2, 0.25) is 0 Å². The largest absolute Gasteiger partial charge is 0.399 e. The number of anilines is 1. The Morgan fingerprint density at radius 2 is 2.31 bits per heavy atom. The van der Waals surface area contributed by atoms with Crippen LogP contribution in [0.5, 0.6) is 0 Å². The van der Waals surface area contributed by atoms with Gasteiger partial charge in [-0.25, -0.2) is 4.39 Å². The fourth-order valence-corrected chi connectivity index (χ4v) is 1.26. The number of benzene rings is 1. The van der Waals surface area contributed by atoms with Crippen LogP contribution in [-0.4, -0.2) is 23.7 Å². The minimum atomic E-state index is -0.662. The summed E-state index contributed by atoms with van der Waals surface area (Å²) in [7, 11) is 0. The first kappa shape index (κ1) is 12.4. The topological polar surface area (TPSA) is 75.3 Å². The molecule has 1 amide bonds. The Kier molecular flexibility index (Phi) is 4.25. The molecule has 1 aromatic rings. The van der Waals surface area contributed by atoms with Crippen LogP contribution in [0.25, 0.3) is 0 Å². The Bertz CT molecular complexity index is 378. The van der Waals surface area contributed by atoms with Gasteiger partial charge >= 0.3 is 0 Å². The standard InChI is InChI=1S/C11H15FN2O2/c1-2-8(6-15)14-11(16)9-4-3-7(13)5-10(9)12/h3-5,8,15H,2,6,13H2,1H3,(H,14,16). The van der Waals surface area contributed by atoms with Gasteiger partial charge in [0, 0.05) is 5.69 Å². The van der Waals surface area contributed by atoms with E-state index in [2.05, 4.69) is 5.32 Å². The number of carbonyl (C=O) groups is 1. The summed E-state index contributed by atoms with van der Waals surface area (Å²) < 4.78 is 13.4. The van der Waals surface area contributed by atoms with Crippen LogP contribution in [0.3, 0.4) is 0 Å². The Morgan fingerprint density at radius 1 is 1.62 bits per heavy atom. The molecule has 0 saturated heterocycles. The van der Waals surface area contributed by atoms with Crippen LogP contribution in [0.15, 0.2) is 18.2 Å². The van der Waals surface area contributed by atoms with Crippen LogP contribution in [0.4, 0.5) is 10.1 Å². The van der Waals surface area contributed by atoms with E-state index in [-0.39, 0.29) is 23.9 Å². The summed E-state index contributed by atoms with van der Waals surface area (Å²) in [6, 6.07) is 3.51. The highest BCUT2D eigenvalue weighted by atomic mass is 19.1. The summed E-state index contributed by atoms with van der Waals surface area (Å²) in [6.45, 7) is 1.65. The molecule has 1 rings (SSSR count). The van der Waals surface area contributed by atoms with Crippen molar-refractivity contribution in [3.05, 3.63) is 29.6 Å². The minimum Gasteiger partial charge on any atom is -0.399 e. The monoisotopic (exact) mass is 226 g/mol. The van der Waals surface area contributed by atoms with Crippen LogP contribution >= 0.6 is 0 Å². The highest BCUT2D eigenvalue weighted by Crippen LogP contribution is 2.11. The van der Waals surface area contributed by atoms with Gasteiger partial charge in [0.25, 0.3) is 5.91 Å². The molecule has 16 heavy (non-hydrogen) atoms. The van der Waals surface area contributed by atoms with E-state index < -0.39 is 11.7 Å². The molecule has 0 aliphatic rings. The van der Waals surface area contributed by atoms with Gasteiger partial charge in [-0.05, 0) is 24.6 Å². The predicted octanol–water partition coefficient (Wildman–Crippen LogP) is 0.909. The molecule has 0 aliphatic heterocycles. The van der Waals surface area contributed by atoms with Gasteiger partial charge in [-0.2, -0.15) is 0 Å². The number of hydrogen-bond acceptors (Lipinski definition) is 3. The zero-order valence-electron chi connectivity index (χ0n) is 9.03. The average molecular weight is 226 g/mol.